The molecule has 1 heterocycles. The highest BCUT2D eigenvalue weighted by Gasteiger charge is 2.23. The number of aromatic nitrogens is 2. The van der Waals surface area contributed by atoms with Crippen molar-refractivity contribution in [2.45, 2.75) is 12.7 Å². The Bertz CT molecular complexity index is 483. The van der Waals surface area contributed by atoms with Gasteiger partial charge in [-0.2, -0.15) is 5.10 Å². The number of hydrogen-bond donors (Lipinski definition) is 0. The van der Waals surface area contributed by atoms with Crippen LogP contribution >= 0.6 is 15.9 Å². The van der Waals surface area contributed by atoms with Crippen LogP contribution in [0.5, 0.6) is 0 Å². The summed E-state index contributed by atoms with van der Waals surface area (Å²) < 4.78 is 38.8. The highest BCUT2D eigenvalue weighted by atomic mass is 79.9. The molecule has 80 valence electrons. The van der Waals surface area contributed by atoms with Gasteiger partial charge in [-0.3, -0.25) is 0 Å². The lowest BCUT2D eigenvalue weighted by Crippen LogP contribution is -2.13. The molecular formula is C9H6BrF3N2. The second kappa shape index (κ2) is 3.84. The molecule has 0 saturated carbocycles. The molecule has 15 heavy (non-hydrogen) atoms. The van der Waals surface area contributed by atoms with Crippen molar-refractivity contribution in [1.29, 1.82) is 0 Å². The Labute approximate surface area is 91.8 Å². The number of hydrogen-bond acceptors (Lipinski definition) is 1. The topological polar surface area (TPSA) is 17.8 Å². The fraction of sp³-hybridized carbons (Fsp3) is 0.222. The molecule has 0 N–H and O–H groups in total. The molecule has 1 atom stereocenters. The van der Waals surface area contributed by atoms with E-state index >= 15 is 0 Å². The maximum absolute atomic E-state index is 13.1. The van der Waals surface area contributed by atoms with Gasteiger partial charge in [-0.1, -0.05) is 22.0 Å². The lowest BCUT2D eigenvalue weighted by Gasteiger charge is -2.08. The summed E-state index contributed by atoms with van der Waals surface area (Å²) in [4.78, 5) is 0. The number of rotatable bonds is 2. The van der Waals surface area contributed by atoms with E-state index in [0.29, 0.717) is 20.1 Å². The summed E-state index contributed by atoms with van der Waals surface area (Å²) in [5.41, 5.74) is 0.345. The Kier molecular flexibility index (Phi) is 2.68. The van der Waals surface area contributed by atoms with E-state index in [1.165, 1.54) is 6.20 Å². The monoisotopic (exact) mass is 278 g/mol. The standard InChI is InChI=1S/C9H6BrF3N2/c10-6-2-1-5-4-14-15(7(5)3-6)9(13)8(11)12/h1-4,8-9H. The molecule has 1 aromatic heterocycles. The molecule has 1 aromatic carbocycles. The maximum atomic E-state index is 13.1. The molecule has 0 aliphatic rings. The molecule has 0 saturated heterocycles. The highest BCUT2D eigenvalue weighted by molar-refractivity contribution is 9.10. The predicted molar refractivity (Wildman–Crippen MR) is 53.6 cm³/mol. The van der Waals surface area contributed by atoms with E-state index in [4.69, 9.17) is 0 Å². The number of benzene rings is 1. The van der Waals surface area contributed by atoms with Gasteiger partial charge in [0.1, 0.15) is 0 Å². The van der Waals surface area contributed by atoms with E-state index in [-0.39, 0.29) is 0 Å². The van der Waals surface area contributed by atoms with Crippen LogP contribution in [-0.4, -0.2) is 16.2 Å². The van der Waals surface area contributed by atoms with Gasteiger partial charge in [-0.25, -0.2) is 17.9 Å². The van der Waals surface area contributed by atoms with Crippen molar-refractivity contribution in [3.63, 3.8) is 0 Å². The summed E-state index contributed by atoms with van der Waals surface area (Å²) in [6, 6.07) is 4.97. The molecule has 0 radical (unpaired) electrons. The molecule has 2 aromatic rings. The molecule has 2 rings (SSSR count). The first-order valence-electron chi connectivity index (χ1n) is 4.14. The first-order valence-corrected chi connectivity index (χ1v) is 4.94. The van der Waals surface area contributed by atoms with Gasteiger partial charge < -0.3 is 0 Å². The zero-order valence-electron chi connectivity index (χ0n) is 7.37. The Morgan fingerprint density at radius 1 is 1.27 bits per heavy atom. The number of fused-ring (bicyclic) bond motifs is 1. The Morgan fingerprint density at radius 3 is 2.67 bits per heavy atom. The van der Waals surface area contributed by atoms with Gasteiger partial charge in [0.15, 0.2) is 0 Å². The van der Waals surface area contributed by atoms with Crippen LogP contribution in [0.2, 0.25) is 0 Å². The first kappa shape index (κ1) is 10.5. The second-order valence-corrected chi connectivity index (χ2v) is 3.92. The molecule has 0 amide bonds. The summed E-state index contributed by atoms with van der Waals surface area (Å²) in [7, 11) is 0. The average molecular weight is 279 g/mol. The predicted octanol–water partition coefficient (Wildman–Crippen LogP) is 3.53. The minimum atomic E-state index is -3.08. The quantitative estimate of drug-likeness (QED) is 0.822. The molecule has 1 unspecified atom stereocenters. The second-order valence-electron chi connectivity index (χ2n) is 3.00. The van der Waals surface area contributed by atoms with Gasteiger partial charge in [0.05, 0.1) is 11.7 Å². The molecule has 0 fully saturated rings. The zero-order valence-corrected chi connectivity index (χ0v) is 8.96. The van der Waals surface area contributed by atoms with Crippen LogP contribution in [0.4, 0.5) is 13.2 Å². The van der Waals surface area contributed by atoms with Crippen LogP contribution in [0.25, 0.3) is 10.9 Å². The van der Waals surface area contributed by atoms with Gasteiger partial charge in [0.2, 0.25) is 0 Å². The van der Waals surface area contributed by atoms with Crippen LogP contribution < -0.4 is 0 Å². The minimum absolute atomic E-state index is 0.345. The van der Waals surface area contributed by atoms with Crippen LogP contribution in [0.3, 0.4) is 0 Å². The van der Waals surface area contributed by atoms with Crippen molar-refractivity contribution in [2.24, 2.45) is 0 Å². The fourth-order valence-corrected chi connectivity index (χ4v) is 1.66. The lowest BCUT2D eigenvalue weighted by molar-refractivity contribution is 0.00343. The van der Waals surface area contributed by atoms with Crippen molar-refractivity contribution >= 4 is 26.8 Å². The van der Waals surface area contributed by atoms with Gasteiger partial charge >= 0.3 is 0 Å². The van der Waals surface area contributed by atoms with Crippen LogP contribution in [0.15, 0.2) is 28.9 Å². The first-order chi connectivity index (χ1) is 7.09. The maximum Gasteiger partial charge on any atom is 0.289 e. The van der Waals surface area contributed by atoms with Gasteiger partial charge in [0.25, 0.3) is 12.7 Å². The molecule has 0 spiro atoms. The molecule has 0 bridgehead atoms. The van der Waals surface area contributed by atoms with E-state index in [2.05, 4.69) is 21.0 Å². The third-order valence-corrected chi connectivity index (χ3v) is 2.50. The summed E-state index contributed by atoms with van der Waals surface area (Å²) in [6.45, 7) is 0. The largest absolute Gasteiger partial charge is 0.289 e. The van der Waals surface area contributed by atoms with E-state index in [1.807, 2.05) is 0 Å². The SMILES string of the molecule is FC(F)C(F)n1ncc2ccc(Br)cc21. The summed E-state index contributed by atoms with van der Waals surface area (Å²) in [5.74, 6) is 0. The molecular weight excluding hydrogens is 273 g/mol. The highest BCUT2D eigenvalue weighted by Crippen LogP contribution is 2.25. The Morgan fingerprint density at radius 2 is 2.00 bits per heavy atom. The van der Waals surface area contributed by atoms with Crippen LogP contribution in [-0.2, 0) is 0 Å². The van der Waals surface area contributed by atoms with Crippen molar-refractivity contribution in [3.05, 3.63) is 28.9 Å². The van der Waals surface area contributed by atoms with Gasteiger partial charge in [-0.05, 0) is 12.1 Å². The molecule has 6 heteroatoms. The van der Waals surface area contributed by atoms with Crippen molar-refractivity contribution < 1.29 is 13.2 Å². The van der Waals surface area contributed by atoms with Crippen LogP contribution in [0, 0.1) is 0 Å². The van der Waals surface area contributed by atoms with Gasteiger partial charge in [0, 0.05) is 9.86 Å². The number of nitrogens with zero attached hydrogens (tertiary/aromatic N) is 2. The average Bonchev–Trinajstić information content (AvgIpc) is 2.59. The van der Waals surface area contributed by atoms with Crippen LogP contribution in [0.1, 0.15) is 6.30 Å². The molecule has 0 aliphatic carbocycles. The third kappa shape index (κ3) is 1.86. The zero-order chi connectivity index (χ0) is 11.0. The van der Waals surface area contributed by atoms with Crippen molar-refractivity contribution in [2.75, 3.05) is 0 Å². The van der Waals surface area contributed by atoms with E-state index in [0.717, 1.165) is 0 Å². The van der Waals surface area contributed by atoms with E-state index in [1.54, 1.807) is 18.2 Å². The minimum Gasteiger partial charge on any atom is -0.225 e. The Balaban J connectivity index is 2.56. The third-order valence-electron chi connectivity index (χ3n) is 2.00. The van der Waals surface area contributed by atoms with Gasteiger partial charge in [-0.15, -0.1) is 0 Å². The Hall–Kier alpha value is -1.04. The summed E-state index contributed by atoms with van der Waals surface area (Å²) in [6.07, 6.45) is -4.12. The number of halogens is 4. The summed E-state index contributed by atoms with van der Waals surface area (Å²) >= 11 is 3.19. The summed E-state index contributed by atoms with van der Waals surface area (Å²) in [5, 5.41) is 4.22. The normalized spacial score (nSPS) is 13.7. The van der Waals surface area contributed by atoms with E-state index < -0.39 is 12.7 Å². The fourth-order valence-electron chi connectivity index (χ4n) is 1.31. The number of alkyl halides is 3. The van der Waals surface area contributed by atoms with E-state index in [9.17, 15) is 13.2 Å². The molecule has 2 nitrogen and oxygen atoms in total. The molecule has 0 aliphatic heterocycles. The van der Waals surface area contributed by atoms with Crippen molar-refractivity contribution in [1.82, 2.24) is 9.78 Å². The van der Waals surface area contributed by atoms with Crippen molar-refractivity contribution in [3.8, 4) is 0 Å². The smallest absolute Gasteiger partial charge is 0.225 e. The lowest BCUT2D eigenvalue weighted by atomic mass is 10.2.